The molecule has 0 saturated heterocycles. The third-order valence-corrected chi connectivity index (χ3v) is 11.4. The number of anilines is 3. The number of fused-ring (bicyclic) bond motifs is 9. The zero-order valence-electron chi connectivity index (χ0n) is 30.7. The van der Waals surface area contributed by atoms with Gasteiger partial charge >= 0.3 is 0 Å². The molecular weight excluding hydrogens is 677 g/mol. The maximum atomic E-state index is 2.50. The highest BCUT2D eigenvalue weighted by Crippen LogP contribution is 2.45. The van der Waals surface area contributed by atoms with E-state index in [1.165, 1.54) is 76.5 Å². The van der Waals surface area contributed by atoms with Crippen LogP contribution in [0.4, 0.5) is 17.1 Å². The zero-order chi connectivity index (χ0) is 37.0. The molecule has 0 aliphatic carbocycles. The quantitative estimate of drug-likeness (QED) is 0.156. The Kier molecular flexibility index (Phi) is 7.53. The summed E-state index contributed by atoms with van der Waals surface area (Å²) in [5.74, 6) is 0. The fourth-order valence-corrected chi connectivity index (χ4v) is 8.87. The van der Waals surface area contributed by atoms with Gasteiger partial charge < -0.3 is 9.47 Å². The number of para-hydroxylation sites is 2. The molecule has 0 radical (unpaired) electrons. The van der Waals surface area contributed by atoms with Gasteiger partial charge in [-0.05, 0) is 86.1 Å². The van der Waals surface area contributed by atoms with Crippen molar-refractivity contribution in [2.24, 2.45) is 0 Å². The SMILES string of the molecule is c1ccc(-c2ccc(N(c3ccc4c5ccccc5n(-c5cccc6c7ccccc7c7ccccc7c56)c4c3)c3ccccc3-c3ccccc3)cc2)cc1. The van der Waals surface area contributed by atoms with Crippen molar-refractivity contribution < 1.29 is 0 Å². The Labute approximate surface area is 325 Å². The number of hydrogen-bond acceptors (Lipinski definition) is 1. The number of aromatic nitrogens is 1. The highest BCUT2D eigenvalue weighted by molar-refractivity contribution is 6.28. The maximum Gasteiger partial charge on any atom is 0.0562 e. The van der Waals surface area contributed by atoms with Crippen LogP contribution in [-0.4, -0.2) is 4.57 Å². The molecule has 0 N–H and O–H groups in total. The first-order valence-corrected chi connectivity index (χ1v) is 19.3. The second kappa shape index (κ2) is 13.2. The molecule has 2 heteroatoms. The standard InChI is InChI=1S/C54H36N2/c1-3-16-37(17-4-1)38-30-32-40(33-31-38)55(50-27-13-11-20-42(50)39-18-5-2-6-19-39)41-34-35-47-46-24-12-14-28-51(46)56(53(47)36-41)52-29-15-26-49-45-22-8-7-21-43(45)44-23-9-10-25-48(44)54(49)52/h1-36H. The Bertz CT molecular complexity index is 3190. The van der Waals surface area contributed by atoms with Crippen LogP contribution in [0, 0.1) is 0 Å². The van der Waals surface area contributed by atoms with Gasteiger partial charge in [-0.25, -0.2) is 0 Å². The molecule has 0 atom stereocenters. The molecule has 0 saturated carbocycles. The highest BCUT2D eigenvalue weighted by Gasteiger charge is 2.21. The molecule has 0 bridgehead atoms. The van der Waals surface area contributed by atoms with E-state index in [2.05, 4.69) is 228 Å². The molecule has 0 amide bonds. The Morgan fingerprint density at radius 1 is 0.304 bits per heavy atom. The summed E-state index contributed by atoms with van der Waals surface area (Å²) in [6, 6.07) is 79.4. The van der Waals surface area contributed by atoms with Crippen LogP contribution in [-0.2, 0) is 0 Å². The van der Waals surface area contributed by atoms with Crippen molar-refractivity contribution in [3.05, 3.63) is 218 Å². The molecule has 10 aromatic carbocycles. The molecule has 11 rings (SSSR count). The first-order chi connectivity index (χ1) is 27.8. The van der Waals surface area contributed by atoms with Gasteiger partial charge in [0.15, 0.2) is 0 Å². The lowest BCUT2D eigenvalue weighted by atomic mass is 9.93. The largest absolute Gasteiger partial charge is 0.310 e. The first kappa shape index (κ1) is 32.0. The van der Waals surface area contributed by atoms with E-state index in [0.29, 0.717) is 0 Å². The summed E-state index contributed by atoms with van der Waals surface area (Å²) in [4.78, 5) is 2.42. The summed E-state index contributed by atoms with van der Waals surface area (Å²) in [5.41, 5.74) is 11.6. The van der Waals surface area contributed by atoms with E-state index in [1.807, 2.05) is 0 Å². The summed E-state index contributed by atoms with van der Waals surface area (Å²) < 4.78 is 2.50. The third-order valence-electron chi connectivity index (χ3n) is 11.4. The van der Waals surface area contributed by atoms with E-state index in [9.17, 15) is 0 Å². The smallest absolute Gasteiger partial charge is 0.0562 e. The van der Waals surface area contributed by atoms with E-state index in [4.69, 9.17) is 0 Å². The van der Waals surface area contributed by atoms with E-state index in [0.717, 1.165) is 22.6 Å². The number of rotatable bonds is 6. The van der Waals surface area contributed by atoms with Crippen LogP contribution in [0.2, 0.25) is 0 Å². The Morgan fingerprint density at radius 2 is 0.804 bits per heavy atom. The molecule has 0 spiro atoms. The normalized spacial score (nSPS) is 11.6. The monoisotopic (exact) mass is 712 g/mol. The number of hydrogen-bond donors (Lipinski definition) is 0. The van der Waals surface area contributed by atoms with Crippen LogP contribution in [0.1, 0.15) is 0 Å². The predicted octanol–water partition coefficient (Wildman–Crippen LogP) is 15.0. The maximum absolute atomic E-state index is 2.50. The van der Waals surface area contributed by atoms with Gasteiger partial charge in [-0.15, -0.1) is 0 Å². The minimum atomic E-state index is 1.09. The van der Waals surface area contributed by atoms with Crippen molar-refractivity contribution in [1.82, 2.24) is 4.57 Å². The van der Waals surface area contributed by atoms with Gasteiger partial charge in [0.05, 0.1) is 22.4 Å². The first-order valence-electron chi connectivity index (χ1n) is 19.3. The number of benzene rings is 10. The summed E-state index contributed by atoms with van der Waals surface area (Å²) in [5, 5.41) is 10.1. The second-order valence-electron chi connectivity index (χ2n) is 14.5. The van der Waals surface area contributed by atoms with Crippen LogP contribution in [0.15, 0.2) is 218 Å². The lowest BCUT2D eigenvalue weighted by Gasteiger charge is -2.28. The van der Waals surface area contributed by atoms with Crippen molar-refractivity contribution >= 4 is 71.2 Å². The van der Waals surface area contributed by atoms with E-state index in [1.54, 1.807) is 0 Å². The molecular formula is C54H36N2. The van der Waals surface area contributed by atoms with Gasteiger partial charge in [-0.1, -0.05) is 176 Å². The van der Waals surface area contributed by atoms with E-state index >= 15 is 0 Å². The molecule has 262 valence electrons. The highest BCUT2D eigenvalue weighted by atomic mass is 15.1. The molecule has 0 unspecified atom stereocenters. The summed E-state index contributed by atoms with van der Waals surface area (Å²) in [7, 11) is 0. The zero-order valence-corrected chi connectivity index (χ0v) is 30.7. The summed E-state index contributed by atoms with van der Waals surface area (Å²) in [6.07, 6.45) is 0. The topological polar surface area (TPSA) is 8.17 Å². The van der Waals surface area contributed by atoms with Crippen molar-refractivity contribution in [2.75, 3.05) is 4.90 Å². The molecule has 0 aliphatic heterocycles. The van der Waals surface area contributed by atoms with Crippen molar-refractivity contribution in [1.29, 1.82) is 0 Å². The average Bonchev–Trinajstić information content (AvgIpc) is 3.61. The van der Waals surface area contributed by atoms with Gasteiger partial charge in [0.1, 0.15) is 0 Å². The van der Waals surface area contributed by atoms with Crippen LogP contribution in [0.3, 0.4) is 0 Å². The van der Waals surface area contributed by atoms with E-state index in [-0.39, 0.29) is 0 Å². The van der Waals surface area contributed by atoms with Crippen molar-refractivity contribution in [3.63, 3.8) is 0 Å². The Balaban J connectivity index is 1.20. The van der Waals surface area contributed by atoms with Gasteiger partial charge in [0.25, 0.3) is 0 Å². The van der Waals surface area contributed by atoms with Gasteiger partial charge in [0, 0.05) is 33.1 Å². The number of nitrogens with zero attached hydrogens (tertiary/aromatic N) is 2. The van der Waals surface area contributed by atoms with Gasteiger partial charge in [0.2, 0.25) is 0 Å². The molecule has 2 nitrogen and oxygen atoms in total. The predicted molar refractivity (Wildman–Crippen MR) is 239 cm³/mol. The fourth-order valence-electron chi connectivity index (χ4n) is 8.87. The average molecular weight is 713 g/mol. The van der Waals surface area contributed by atoms with Crippen molar-refractivity contribution in [2.45, 2.75) is 0 Å². The lowest BCUT2D eigenvalue weighted by molar-refractivity contribution is 1.19. The van der Waals surface area contributed by atoms with Crippen LogP contribution >= 0.6 is 0 Å². The van der Waals surface area contributed by atoms with Crippen LogP contribution < -0.4 is 4.90 Å². The molecule has 1 heterocycles. The van der Waals surface area contributed by atoms with E-state index < -0.39 is 0 Å². The Morgan fingerprint density at radius 3 is 1.52 bits per heavy atom. The van der Waals surface area contributed by atoms with Gasteiger partial charge in [-0.2, -0.15) is 0 Å². The second-order valence-corrected chi connectivity index (χ2v) is 14.5. The van der Waals surface area contributed by atoms with Crippen LogP contribution in [0.25, 0.3) is 82.1 Å². The Hall–Kier alpha value is -7.42. The van der Waals surface area contributed by atoms with Crippen LogP contribution in [0.5, 0.6) is 0 Å². The van der Waals surface area contributed by atoms with Crippen molar-refractivity contribution in [3.8, 4) is 27.9 Å². The minimum Gasteiger partial charge on any atom is -0.310 e. The minimum absolute atomic E-state index is 1.09. The summed E-state index contributed by atoms with van der Waals surface area (Å²) >= 11 is 0. The molecule has 1 aromatic heterocycles. The molecule has 11 aromatic rings. The third kappa shape index (κ3) is 5.11. The molecule has 56 heavy (non-hydrogen) atoms. The molecule has 0 fully saturated rings. The fraction of sp³-hybridized carbons (Fsp3) is 0. The summed E-state index contributed by atoms with van der Waals surface area (Å²) in [6.45, 7) is 0. The lowest BCUT2D eigenvalue weighted by Crippen LogP contribution is -2.11. The molecule has 0 aliphatic rings. The van der Waals surface area contributed by atoms with Gasteiger partial charge in [-0.3, -0.25) is 0 Å².